The van der Waals surface area contributed by atoms with Crippen LogP contribution in [-0.2, 0) is 22.6 Å². The van der Waals surface area contributed by atoms with E-state index in [1.807, 2.05) is 42.5 Å². The number of carbonyl (C=O) groups is 1. The fourth-order valence-electron chi connectivity index (χ4n) is 6.45. The van der Waals surface area contributed by atoms with Gasteiger partial charge in [-0.15, -0.1) is 0 Å². The van der Waals surface area contributed by atoms with Crippen molar-refractivity contribution in [1.82, 2.24) is 15.2 Å². The zero-order chi connectivity index (χ0) is 31.2. The standard InChI is InChI=1S/C37H41N3O5/c1-25-34(22-40-19-5-8-32(40)24-42)44-37(45-35(25)28-12-10-26(23-41)11-13-28)29-16-14-27(15-17-29)33-9-3-2-6-30(33)21-39-36(43)31-7-4-18-38-20-31/h2-4,6-7,9-18,20,25,32,34-35,37,41-42H,5,8,19,21-24H2,1H3,(H,39,43)/t25-,32-,34+,35+,37+/m0/s1. The summed E-state index contributed by atoms with van der Waals surface area (Å²) in [5.74, 6) is -0.0855. The van der Waals surface area contributed by atoms with E-state index in [2.05, 4.69) is 52.5 Å². The van der Waals surface area contributed by atoms with Gasteiger partial charge in [0.05, 0.1) is 31.0 Å². The molecular formula is C37H41N3O5. The molecule has 1 amide bonds. The van der Waals surface area contributed by atoms with Gasteiger partial charge in [-0.1, -0.05) is 79.7 Å². The van der Waals surface area contributed by atoms with Crippen LogP contribution in [0.15, 0.2) is 97.3 Å². The highest BCUT2D eigenvalue weighted by Gasteiger charge is 2.40. The number of carbonyl (C=O) groups excluding carboxylic acids is 1. The molecule has 1 aromatic heterocycles. The van der Waals surface area contributed by atoms with Gasteiger partial charge in [0.25, 0.3) is 5.91 Å². The topological polar surface area (TPSA) is 104 Å². The van der Waals surface area contributed by atoms with Gasteiger partial charge >= 0.3 is 0 Å². The fourth-order valence-corrected chi connectivity index (χ4v) is 6.45. The smallest absolute Gasteiger partial charge is 0.253 e. The molecule has 2 aliphatic rings. The lowest BCUT2D eigenvalue weighted by Crippen LogP contribution is -2.46. The summed E-state index contributed by atoms with van der Waals surface area (Å²) in [6.45, 7) is 4.40. The number of ether oxygens (including phenoxy) is 2. The van der Waals surface area contributed by atoms with Gasteiger partial charge < -0.3 is 25.0 Å². The average Bonchev–Trinajstić information content (AvgIpc) is 3.56. The number of aromatic nitrogens is 1. The molecule has 234 valence electrons. The molecule has 8 heteroatoms. The number of nitrogens with one attached hydrogen (secondary N) is 1. The highest BCUT2D eigenvalue weighted by Crippen LogP contribution is 2.42. The second kappa shape index (κ2) is 14.5. The summed E-state index contributed by atoms with van der Waals surface area (Å²) in [4.78, 5) is 19.0. The number of hydrogen-bond acceptors (Lipinski definition) is 7. The van der Waals surface area contributed by atoms with E-state index in [0.29, 0.717) is 12.1 Å². The second-order valence-electron chi connectivity index (χ2n) is 12.0. The number of aliphatic hydroxyl groups excluding tert-OH is 2. The Hall–Kier alpha value is -3.92. The third kappa shape index (κ3) is 7.16. The lowest BCUT2D eigenvalue weighted by Gasteiger charge is -2.43. The molecular weight excluding hydrogens is 566 g/mol. The van der Waals surface area contributed by atoms with Crippen molar-refractivity contribution in [2.24, 2.45) is 5.92 Å². The maximum atomic E-state index is 12.6. The Morgan fingerprint density at radius 2 is 1.73 bits per heavy atom. The molecule has 45 heavy (non-hydrogen) atoms. The first-order valence-corrected chi connectivity index (χ1v) is 15.8. The summed E-state index contributed by atoms with van der Waals surface area (Å²) in [6.07, 6.45) is 4.43. The van der Waals surface area contributed by atoms with Gasteiger partial charge in [-0.2, -0.15) is 0 Å². The van der Waals surface area contributed by atoms with Crippen LogP contribution >= 0.6 is 0 Å². The Bertz CT molecular complexity index is 1550. The van der Waals surface area contributed by atoms with Crippen LogP contribution in [-0.4, -0.2) is 57.8 Å². The average molecular weight is 608 g/mol. The summed E-state index contributed by atoms with van der Waals surface area (Å²) >= 11 is 0. The minimum atomic E-state index is -0.563. The fraction of sp³-hybridized carbons (Fsp3) is 0.351. The first-order valence-electron chi connectivity index (χ1n) is 15.8. The number of amides is 1. The minimum absolute atomic E-state index is 0.000416. The van der Waals surface area contributed by atoms with Gasteiger partial charge in [0.2, 0.25) is 0 Å². The molecule has 6 rings (SSSR count). The van der Waals surface area contributed by atoms with E-state index < -0.39 is 6.29 Å². The van der Waals surface area contributed by atoms with Crippen molar-refractivity contribution in [3.63, 3.8) is 0 Å². The Kier molecular flexibility index (Phi) is 9.98. The van der Waals surface area contributed by atoms with E-state index in [4.69, 9.17) is 9.47 Å². The van der Waals surface area contributed by atoms with Crippen molar-refractivity contribution in [1.29, 1.82) is 0 Å². The lowest BCUT2D eigenvalue weighted by atomic mass is 9.89. The largest absolute Gasteiger partial charge is 0.395 e. The van der Waals surface area contributed by atoms with E-state index in [1.54, 1.807) is 24.5 Å². The summed E-state index contributed by atoms with van der Waals surface area (Å²) in [5.41, 5.74) is 6.45. The SMILES string of the molecule is C[C@H]1[C@@H](CN2CCC[C@H]2CO)O[C@@H](c2ccc(-c3ccccc3CNC(=O)c3cccnc3)cc2)O[C@H]1c1ccc(CO)cc1. The molecule has 0 spiro atoms. The molecule has 3 N–H and O–H groups in total. The minimum Gasteiger partial charge on any atom is -0.395 e. The van der Waals surface area contributed by atoms with Gasteiger partial charge in [-0.25, -0.2) is 0 Å². The predicted octanol–water partition coefficient (Wildman–Crippen LogP) is 5.42. The van der Waals surface area contributed by atoms with E-state index >= 15 is 0 Å². The van der Waals surface area contributed by atoms with Crippen LogP contribution in [0.2, 0.25) is 0 Å². The maximum absolute atomic E-state index is 12.6. The summed E-state index contributed by atoms with van der Waals surface area (Å²) in [5, 5.41) is 22.5. The monoisotopic (exact) mass is 607 g/mol. The molecule has 0 unspecified atom stereocenters. The number of aliphatic hydroxyl groups is 2. The Labute approximate surface area is 264 Å². The van der Waals surface area contributed by atoms with E-state index in [9.17, 15) is 15.0 Å². The maximum Gasteiger partial charge on any atom is 0.253 e. The zero-order valence-electron chi connectivity index (χ0n) is 25.6. The van der Waals surface area contributed by atoms with Crippen LogP contribution in [0.25, 0.3) is 11.1 Å². The molecule has 0 bridgehead atoms. The zero-order valence-corrected chi connectivity index (χ0v) is 25.6. The Balaban J connectivity index is 1.22. The Morgan fingerprint density at radius 1 is 0.956 bits per heavy atom. The van der Waals surface area contributed by atoms with E-state index in [0.717, 1.165) is 59.3 Å². The number of rotatable bonds is 10. The Morgan fingerprint density at radius 3 is 2.47 bits per heavy atom. The molecule has 2 fully saturated rings. The normalized spacial score (nSPS) is 23.6. The van der Waals surface area contributed by atoms with E-state index in [-0.39, 0.29) is 43.3 Å². The molecule has 3 aromatic carbocycles. The van der Waals surface area contributed by atoms with Crippen LogP contribution in [0.3, 0.4) is 0 Å². The van der Waals surface area contributed by atoms with Gasteiger partial charge in [0.1, 0.15) is 0 Å². The molecule has 2 aliphatic heterocycles. The first kappa shape index (κ1) is 31.1. The summed E-state index contributed by atoms with van der Waals surface area (Å²) in [7, 11) is 0. The van der Waals surface area contributed by atoms with Gasteiger partial charge in [-0.3, -0.25) is 14.7 Å². The number of benzene rings is 3. The molecule has 8 nitrogen and oxygen atoms in total. The van der Waals surface area contributed by atoms with Crippen molar-refractivity contribution in [2.75, 3.05) is 19.7 Å². The van der Waals surface area contributed by atoms with Crippen LogP contribution < -0.4 is 5.32 Å². The predicted molar refractivity (Wildman–Crippen MR) is 172 cm³/mol. The van der Waals surface area contributed by atoms with Crippen LogP contribution in [0.1, 0.15) is 64.8 Å². The molecule has 0 saturated carbocycles. The molecule has 3 heterocycles. The van der Waals surface area contributed by atoms with Crippen molar-refractivity contribution in [2.45, 2.75) is 57.5 Å². The molecule has 5 atom stereocenters. The van der Waals surface area contributed by atoms with Crippen molar-refractivity contribution in [3.8, 4) is 11.1 Å². The lowest BCUT2D eigenvalue weighted by molar-refractivity contribution is -0.276. The number of hydrogen-bond donors (Lipinski definition) is 3. The second-order valence-corrected chi connectivity index (χ2v) is 12.0. The van der Waals surface area contributed by atoms with Crippen molar-refractivity contribution >= 4 is 5.91 Å². The number of pyridine rings is 1. The van der Waals surface area contributed by atoms with Crippen molar-refractivity contribution in [3.05, 3.63) is 125 Å². The molecule has 0 aliphatic carbocycles. The first-order chi connectivity index (χ1) is 22.0. The molecule has 0 radical (unpaired) electrons. The van der Waals surface area contributed by atoms with Crippen LogP contribution in [0.4, 0.5) is 0 Å². The van der Waals surface area contributed by atoms with E-state index in [1.165, 1.54) is 0 Å². The summed E-state index contributed by atoms with van der Waals surface area (Å²) in [6, 6.07) is 27.9. The quantitative estimate of drug-likeness (QED) is 0.221. The summed E-state index contributed by atoms with van der Waals surface area (Å²) < 4.78 is 13.3. The van der Waals surface area contributed by atoms with Gasteiger partial charge in [0, 0.05) is 43.0 Å². The highest BCUT2D eigenvalue weighted by molar-refractivity contribution is 5.93. The highest BCUT2D eigenvalue weighted by atomic mass is 16.7. The van der Waals surface area contributed by atoms with Crippen LogP contribution in [0, 0.1) is 5.92 Å². The third-order valence-electron chi connectivity index (χ3n) is 9.12. The van der Waals surface area contributed by atoms with Crippen molar-refractivity contribution < 1.29 is 24.5 Å². The number of nitrogens with zero attached hydrogens (tertiary/aromatic N) is 2. The van der Waals surface area contributed by atoms with Gasteiger partial charge in [0.15, 0.2) is 6.29 Å². The van der Waals surface area contributed by atoms with Gasteiger partial charge in [-0.05, 0) is 59.3 Å². The third-order valence-corrected chi connectivity index (χ3v) is 9.12. The van der Waals surface area contributed by atoms with Crippen LogP contribution in [0.5, 0.6) is 0 Å². The molecule has 4 aromatic rings. The number of likely N-dealkylation sites (tertiary alicyclic amines) is 1. The molecule has 2 saturated heterocycles.